The summed E-state index contributed by atoms with van der Waals surface area (Å²) in [6.45, 7) is 0.711. The molecule has 33 heavy (non-hydrogen) atoms. The van der Waals surface area contributed by atoms with Crippen molar-refractivity contribution in [3.8, 4) is 0 Å². The minimum Gasteiger partial charge on any atom is -0.355 e. The van der Waals surface area contributed by atoms with E-state index in [0.717, 1.165) is 11.1 Å². The molecule has 0 radical (unpaired) electrons. The van der Waals surface area contributed by atoms with Crippen LogP contribution in [0.4, 0.5) is 0 Å². The first-order valence-corrected chi connectivity index (χ1v) is 10.9. The minimum atomic E-state index is -0.510. The van der Waals surface area contributed by atoms with Gasteiger partial charge in [-0.2, -0.15) is 4.99 Å². The number of carbonyl (C=O) groups is 3. The highest BCUT2D eigenvalue weighted by Crippen LogP contribution is 2.24. The van der Waals surface area contributed by atoms with E-state index >= 15 is 0 Å². The molecule has 1 heterocycles. The van der Waals surface area contributed by atoms with E-state index < -0.39 is 23.7 Å². The van der Waals surface area contributed by atoms with Gasteiger partial charge < -0.3 is 10.6 Å². The van der Waals surface area contributed by atoms with Crippen LogP contribution in [0.3, 0.4) is 0 Å². The molecule has 0 fully saturated rings. The fourth-order valence-electron chi connectivity index (χ4n) is 3.74. The van der Waals surface area contributed by atoms with Crippen molar-refractivity contribution in [2.45, 2.75) is 12.3 Å². The molecule has 2 aromatic carbocycles. The van der Waals surface area contributed by atoms with Gasteiger partial charge in [-0.05, 0) is 23.6 Å². The van der Waals surface area contributed by atoms with Crippen LogP contribution in [0.15, 0.2) is 95.0 Å². The second-order valence-corrected chi connectivity index (χ2v) is 7.69. The van der Waals surface area contributed by atoms with Gasteiger partial charge in [0, 0.05) is 13.1 Å². The number of aliphatic imine (C=N–C) groups is 2. The lowest BCUT2D eigenvalue weighted by atomic mass is 9.90. The molecule has 1 aliphatic carbocycles. The first-order chi connectivity index (χ1) is 16.1. The molecule has 0 spiro atoms. The molecule has 1 unspecified atom stereocenters. The summed E-state index contributed by atoms with van der Waals surface area (Å²) in [5, 5.41) is 5.67. The molecule has 2 aromatic rings. The van der Waals surface area contributed by atoms with Crippen LogP contribution < -0.4 is 10.6 Å². The molecule has 3 amide bonds. The number of nitrogens with zero attached hydrogens (tertiary/aromatic N) is 2. The Balaban J connectivity index is 1.29. The topological polar surface area (TPSA) is 100.0 Å². The zero-order valence-corrected chi connectivity index (χ0v) is 18.0. The summed E-state index contributed by atoms with van der Waals surface area (Å²) in [5.41, 5.74) is 2.35. The van der Waals surface area contributed by atoms with Gasteiger partial charge in [0.15, 0.2) is 0 Å². The molecule has 4 rings (SSSR count). The predicted molar refractivity (Wildman–Crippen MR) is 127 cm³/mol. The average molecular weight is 441 g/mol. The summed E-state index contributed by atoms with van der Waals surface area (Å²) in [5.74, 6) is -2.06. The van der Waals surface area contributed by atoms with Gasteiger partial charge in [-0.3, -0.25) is 14.4 Å². The van der Waals surface area contributed by atoms with Gasteiger partial charge in [0.05, 0.1) is 11.6 Å². The highest BCUT2D eigenvalue weighted by Gasteiger charge is 2.28. The Kier molecular flexibility index (Phi) is 6.99. The molecule has 0 aromatic heterocycles. The van der Waals surface area contributed by atoms with E-state index in [-0.39, 0.29) is 11.7 Å². The fraction of sp³-hybridized carbons (Fsp3) is 0.192. The van der Waals surface area contributed by atoms with Crippen LogP contribution in [-0.4, -0.2) is 42.4 Å². The Hall–Kier alpha value is -4.13. The van der Waals surface area contributed by atoms with Crippen molar-refractivity contribution < 1.29 is 14.4 Å². The third-order valence-electron chi connectivity index (χ3n) is 5.39. The molecule has 0 bridgehead atoms. The van der Waals surface area contributed by atoms with Crippen LogP contribution in [-0.2, 0) is 14.4 Å². The molecular weight excluding hydrogens is 416 g/mol. The summed E-state index contributed by atoms with van der Waals surface area (Å²) < 4.78 is 0. The van der Waals surface area contributed by atoms with E-state index in [0.29, 0.717) is 25.2 Å². The fourth-order valence-corrected chi connectivity index (χ4v) is 3.74. The number of nitrogens with one attached hydrogen (secondary N) is 2. The Morgan fingerprint density at radius 1 is 0.848 bits per heavy atom. The molecule has 2 N–H and O–H groups in total. The van der Waals surface area contributed by atoms with Crippen molar-refractivity contribution in [3.05, 3.63) is 96.1 Å². The van der Waals surface area contributed by atoms with Gasteiger partial charge in [0.1, 0.15) is 5.92 Å². The summed E-state index contributed by atoms with van der Waals surface area (Å²) in [6.07, 6.45) is 7.47. The SMILES string of the molecule is O=C(NCCCNC(=O)C(c1ccccc1)c1ccccc1)C1=NC(=O)C2C=CC=CC2=N1. The normalized spacial score (nSPS) is 16.6. The number of benzene rings is 2. The molecule has 7 nitrogen and oxygen atoms in total. The van der Waals surface area contributed by atoms with E-state index in [2.05, 4.69) is 20.6 Å². The van der Waals surface area contributed by atoms with Crippen molar-refractivity contribution in [3.63, 3.8) is 0 Å². The van der Waals surface area contributed by atoms with Crippen molar-refractivity contribution >= 4 is 29.3 Å². The highest BCUT2D eigenvalue weighted by atomic mass is 16.2. The van der Waals surface area contributed by atoms with E-state index in [4.69, 9.17) is 0 Å². The number of carbonyl (C=O) groups excluding carboxylic acids is 3. The number of hydrogen-bond acceptors (Lipinski definition) is 4. The maximum Gasteiger partial charge on any atom is 0.289 e. The van der Waals surface area contributed by atoms with Gasteiger partial charge in [-0.15, -0.1) is 0 Å². The van der Waals surface area contributed by atoms with Crippen molar-refractivity contribution in [1.82, 2.24) is 10.6 Å². The minimum absolute atomic E-state index is 0.101. The summed E-state index contributed by atoms with van der Waals surface area (Å²) in [6, 6.07) is 19.2. The van der Waals surface area contributed by atoms with Crippen LogP contribution >= 0.6 is 0 Å². The molecule has 1 aliphatic heterocycles. The Labute approximate surface area is 192 Å². The Morgan fingerprint density at radius 3 is 2.15 bits per heavy atom. The van der Waals surface area contributed by atoms with Crippen LogP contribution in [0.25, 0.3) is 0 Å². The third-order valence-corrected chi connectivity index (χ3v) is 5.39. The molecule has 2 aliphatic rings. The number of fused-ring (bicyclic) bond motifs is 1. The van der Waals surface area contributed by atoms with E-state index in [1.165, 1.54) is 0 Å². The quantitative estimate of drug-likeness (QED) is 0.617. The van der Waals surface area contributed by atoms with Gasteiger partial charge in [0.25, 0.3) is 11.8 Å². The zero-order valence-electron chi connectivity index (χ0n) is 18.0. The largest absolute Gasteiger partial charge is 0.355 e. The van der Waals surface area contributed by atoms with E-state index in [1.807, 2.05) is 60.7 Å². The van der Waals surface area contributed by atoms with E-state index in [9.17, 15) is 14.4 Å². The number of amides is 3. The first kappa shape index (κ1) is 22.1. The lowest BCUT2D eigenvalue weighted by Crippen LogP contribution is -2.37. The number of rotatable bonds is 8. The Bertz CT molecular complexity index is 1110. The second kappa shape index (κ2) is 10.5. The summed E-state index contributed by atoms with van der Waals surface area (Å²) in [4.78, 5) is 45.5. The highest BCUT2D eigenvalue weighted by molar-refractivity contribution is 6.44. The maximum absolute atomic E-state index is 13.0. The monoisotopic (exact) mass is 440 g/mol. The molecule has 0 saturated carbocycles. The smallest absolute Gasteiger partial charge is 0.289 e. The average Bonchev–Trinajstić information content (AvgIpc) is 2.85. The zero-order chi connectivity index (χ0) is 23.0. The maximum atomic E-state index is 13.0. The number of hydrogen-bond donors (Lipinski definition) is 2. The van der Waals surface area contributed by atoms with Crippen molar-refractivity contribution in [1.29, 1.82) is 0 Å². The molecule has 0 saturated heterocycles. The summed E-state index contributed by atoms with van der Waals surface area (Å²) in [7, 11) is 0. The van der Waals surface area contributed by atoms with Crippen LogP contribution in [0, 0.1) is 5.92 Å². The van der Waals surface area contributed by atoms with Gasteiger partial charge in [0.2, 0.25) is 11.7 Å². The van der Waals surface area contributed by atoms with Gasteiger partial charge >= 0.3 is 0 Å². The molecule has 1 atom stereocenters. The second-order valence-electron chi connectivity index (χ2n) is 7.69. The Morgan fingerprint density at radius 2 is 1.48 bits per heavy atom. The van der Waals surface area contributed by atoms with E-state index in [1.54, 1.807) is 24.3 Å². The van der Waals surface area contributed by atoms with Crippen molar-refractivity contribution in [2.24, 2.45) is 15.9 Å². The van der Waals surface area contributed by atoms with Crippen LogP contribution in [0.1, 0.15) is 23.5 Å². The van der Waals surface area contributed by atoms with Gasteiger partial charge in [-0.1, -0.05) is 78.9 Å². The number of amidine groups is 1. The van der Waals surface area contributed by atoms with Crippen molar-refractivity contribution in [2.75, 3.05) is 13.1 Å². The molecular formula is C26H24N4O3. The summed E-state index contributed by atoms with van der Waals surface area (Å²) >= 11 is 0. The standard InChI is InChI=1S/C26H24N4O3/c31-24-20-14-7-8-15-21(20)29-23(30-24)26(33)28-17-9-16-27-25(32)22(18-10-3-1-4-11-18)19-12-5-2-6-13-19/h1-8,10-15,20,22H,9,16-17H2,(H,27,32)(H,28,33). The van der Waals surface area contributed by atoms with Gasteiger partial charge in [-0.25, -0.2) is 4.99 Å². The molecule has 166 valence electrons. The van der Waals surface area contributed by atoms with Crippen LogP contribution in [0.2, 0.25) is 0 Å². The lowest BCUT2D eigenvalue weighted by Gasteiger charge is -2.18. The van der Waals surface area contributed by atoms with Crippen LogP contribution in [0.5, 0.6) is 0 Å². The molecule has 7 heteroatoms. The third kappa shape index (κ3) is 5.38. The predicted octanol–water partition coefficient (Wildman–Crippen LogP) is 2.56. The first-order valence-electron chi connectivity index (χ1n) is 10.9. The lowest BCUT2D eigenvalue weighted by molar-refractivity contribution is -0.121. The number of allylic oxidation sites excluding steroid dienone is 3.